The second-order valence-electron chi connectivity index (χ2n) is 8.62. The fourth-order valence-corrected chi connectivity index (χ4v) is 5.44. The molecule has 0 atom stereocenters. The van der Waals surface area contributed by atoms with E-state index in [1.54, 1.807) is 36.4 Å². The zero-order chi connectivity index (χ0) is 25.0. The average Bonchev–Trinajstić information content (AvgIpc) is 3.28. The summed E-state index contributed by atoms with van der Waals surface area (Å²) in [5.41, 5.74) is 2.72. The number of ether oxygens (including phenoxy) is 1. The SMILES string of the molecule is CC(C)COc1cccc(C(=O)NC(=S)Nc2ccc(S(=O)(=O)N3CCc4ccccc43)cc2)c1. The number of fused-ring (bicyclic) bond motifs is 1. The molecule has 0 aliphatic carbocycles. The first-order valence-corrected chi connectivity index (χ1v) is 13.1. The van der Waals surface area contributed by atoms with Gasteiger partial charge in [0.2, 0.25) is 0 Å². The summed E-state index contributed by atoms with van der Waals surface area (Å²) in [5, 5.41) is 5.66. The first kappa shape index (κ1) is 24.7. The standard InChI is InChI=1S/C26H27N3O4S2/c1-18(2)17-33-22-8-5-7-20(16-22)25(30)28-26(34)27-21-10-12-23(13-11-21)35(31,32)29-15-14-19-6-3-4-9-24(19)29/h3-13,16,18H,14-15,17H2,1-2H3,(H2,27,28,30,34). The van der Waals surface area contributed by atoms with Gasteiger partial charge in [0.05, 0.1) is 17.2 Å². The van der Waals surface area contributed by atoms with Gasteiger partial charge in [-0.05, 0) is 78.7 Å². The van der Waals surface area contributed by atoms with Gasteiger partial charge in [-0.2, -0.15) is 0 Å². The van der Waals surface area contributed by atoms with Crippen molar-refractivity contribution >= 4 is 44.6 Å². The largest absolute Gasteiger partial charge is 0.493 e. The lowest BCUT2D eigenvalue weighted by atomic mass is 10.2. The van der Waals surface area contributed by atoms with Crippen LogP contribution in [0.1, 0.15) is 29.8 Å². The lowest BCUT2D eigenvalue weighted by molar-refractivity contribution is 0.0977. The number of sulfonamides is 1. The normalized spacial score (nSPS) is 12.8. The van der Waals surface area contributed by atoms with Gasteiger partial charge in [0.15, 0.2) is 5.11 Å². The van der Waals surface area contributed by atoms with Crippen LogP contribution in [0, 0.1) is 5.92 Å². The zero-order valence-corrected chi connectivity index (χ0v) is 21.2. The summed E-state index contributed by atoms with van der Waals surface area (Å²) >= 11 is 5.27. The van der Waals surface area contributed by atoms with Crippen LogP contribution >= 0.6 is 12.2 Å². The maximum absolute atomic E-state index is 13.2. The third-order valence-corrected chi connectivity index (χ3v) is 7.48. The molecule has 0 aromatic heterocycles. The van der Waals surface area contributed by atoms with Crippen LogP contribution in [-0.4, -0.2) is 32.6 Å². The zero-order valence-electron chi connectivity index (χ0n) is 19.5. The molecule has 0 saturated heterocycles. The number of nitrogens with zero attached hydrogens (tertiary/aromatic N) is 1. The number of thiocarbonyl (C=S) groups is 1. The Morgan fingerprint density at radius 1 is 1.06 bits per heavy atom. The molecule has 1 heterocycles. The number of para-hydroxylation sites is 1. The molecule has 1 amide bonds. The van der Waals surface area contributed by atoms with Gasteiger partial charge in [-0.3, -0.25) is 14.4 Å². The van der Waals surface area contributed by atoms with Crippen LogP contribution in [0.3, 0.4) is 0 Å². The predicted molar refractivity (Wildman–Crippen MR) is 142 cm³/mol. The Labute approximate surface area is 211 Å². The molecule has 35 heavy (non-hydrogen) atoms. The van der Waals surface area contributed by atoms with Crippen molar-refractivity contribution in [2.45, 2.75) is 25.2 Å². The predicted octanol–water partition coefficient (Wildman–Crippen LogP) is 4.60. The lowest BCUT2D eigenvalue weighted by Crippen LogP contribution is -2.34. The fourth-order valence-electron chi connectivity index (χ4n) is 3.72. The third-order valence-electron chi connectivity index (χ3n) is 5.45. The van der Waals surface area contributed by atoms with Gasteiger partial charge in [0.25, 0.3) is 15.9 Å². The Morgan fingerprint density at radius 3 is 2.54 bits per heavy atom. The van der Waals surface area contributed by atoms with Crippen molar-refractivity contribution in [3.05, 3.63) is 83.9 Å². The molecule has 1 aliphatic heterocycles. The van der Waals surface area contributed by atoms with Crippen molar-refractivity contribution in [1.82, 2.24) is 5.32 Å². The highest BCUT2D eigenvalue weighted by Gasteiger charge is 2.30. The molecule has 0 fully saturated rings. The highest BCUT2D eigenvalue weighted by molar-refractivity contribution is 7.92. The Kier molecular flexibility index (Phi) is 7.37. The molecule has 0 spiro atoms. The van der Waals surface area contributed by atoms with E-state index in [4.69, 9.17) is 17.0 Å². The van der Waals surface area contributed by atoms with E-state index >= 15 is 0 Å². The molecule has 0 unspecified atom stereocenters. The van der Waals surface area contributed by atoms with Crippen LogP contribution in [-0.2, 0) is 16.4 Å². The third kappa shape index (κ3) is 5.80. The lowest BCUT2D eigenvalue weighted by Gasteiger charge is -2.19. The van der Waals surface area contributed by atoms with E-state index in [-0.39, 0.29) is 15.9 Å². The summed E-state index contributed by atoms with van der Waals surface area (Å²) in [4.78, 5) is 12.8. The fraction of sp³-hybridized carbons (Fsp3) is 0.231. The second-order valence-corrected chi connectivity index (χ2v) is 10.9. The van der Waals surface area contributed by atoms with Crippen LogP contribution in [0.4, 0.5) is 11.4 Å². The Balaban J connectivity index is 1.38. The number of anilines is 2. The molecule has 4 rings (SSSR count). The van der Waals surface area contributed by atoms with E-state index in [9.17, 15) is 13.2 Å². The molecule has 0 bridgehead atoms. The van der Waals surface area contributed by atoms with E-state index in [1.807, 2.05) is 38.1 Å². The average molecular weight is 510 g/mol. The van der Waals surface area contributed by atoms with Gasteiger partial charge in [0, 0.05) is 17.8 Å². The van der Waals surface area contributed by atoms with Crippen LogP contribution in [0.2, 0.25) is 0 Å². The number of benzene rings is 3. The molecule has 182 valence electrons. The van der Waals surface area contributed by atoms with Crippen LogP contribution in [0.5, 0.6) is 5.75 Å². The number of carbonyl (C=O) groups is 1. The molecule has 0 radical (unpaired) electrons. The minimum atomic E-state index is -3.68. The van der Waals surface area contributed by atoms with Crippen molar-refractivity contribution in [2.24, 2.45) is 5.92 Å². The molecular formula is C26H27N3O4S2. The number of rotatable bonds is 7. The van der Waals surface area contributed by atoms with Gasteiger partial charge >= 0.3 is 0 Å². The minimum Gasteiger partial charge on any atom is -0.493 e. The van der Waals surface area contributed by atoms with Gasteiger partial charge in [-0.1, -0.05) is 38.1 Å². The van der Waals surface area contributed by atoms with Gasteiger partial charge in [-0.15, -0.1) is 0 Å². The minimum absolute atomic E-state index is 0.104. The number of hydrogen-bond donors (Lipinski definition) is 2. The Morgan fingerprint density at radius 2 is 1.80 bits per heavy atom. The van der Waals surface area contributed by atoms with Crippen molar-refractivity contribution in [2.75, 3.05) is 22.8 Å². The molecule has 3 aromatic rings. The van der Waals surface area contributed by atoms with E-state index in [1.165, 1.54) is 16.4 Å². The van der Waals surface area contributed by atoms with Crippen LogP contribution in [0.25, 0.3) is 0 Å². The van der Waals surface area contributed by atoms with Crippen LogP contribution < -0.4 is 19.7 Å². The van der Waals surface area contributed by atoms with Crippen molar-refractivity contribution < 1.29 is 17.9 Å². The molecule has 0 saturated carbocycles. The summed E-state index contributed by atoms with van der Waals surface area (Å²) in [6.07, 6.45) is 0.690. The smallest absolute Gasteiger partial charge is 0.264 e. The van der Waals surface area contributed by atoms with Gasteiger partial charge < -0.3 is 10.1 Å². The van der Waals surface area contributed by atoms with Gasteiger partial charge in [0.1, 0.15) is 5.75 Å². The first-order valence-electron chi connectivity index (χ1n) is 11.3. The van der Waals surface area contributed by atoms with E-state index < -0.39 is 10.0 Å². The second kappa shape index (κ2) is 10.5. The van der Waals surface area contributed by atoms with E-state index in [0.717, 1.165) is 11.3 Å². The number of nitrogens with one attached hydrogen (secondary N) is 2. The number of amides is 1. The summed E-state index contributed by atoms with van der Waals surface area (Å²) in [5.74, 6) is 0.615. The maximum Gasteiger partial charge on any atom is 0.264 e. The first-order chi connectivity index (χ1) is 16.7. The summed E-state index contributed by atoms with van der Waals surface area (Å²) in [6, 6.07) is 20.7. The van der Waals surface area contributed by atoms with Crippen LogP contribution in [0.15, 0.2) is 77.7 Å². The van der Waals surface area contributed by atoms with Crippen molar-refractivity contribution in [3.63, 3.8) is 0 Å². The van der Waals surface area contributed by atoms with Crippen molar-refractivity contribution in [1.29, 1.82) is 0 Å². The monoisotopic (exact) mass is 509 g/mol. The number of hydrogen-bond acceptors (Lipinski definition) is 5. The quantitative estimate of drug-likeness (QED) is 0.453. The Bertz CT molecular complexity index is 1340. The molecule has 3 aromatic carbocycles. The van der Waals surface area contributed by atoms with Gasteiger partial charge in [-0.25, -0.2) is 8.42 Å². The molecular weight excluding hydrogens is 482 g/mol. The van der Waals surface area contributed by atoms with E-state index in [0.29, 0.717) is 42.5 Å². The number of carbonyl (C=O) groups excluding carboxylic acids is 1. The maximum atomic E-state index is 13.2. The van der Waals surface area contributed by atoms with Crippen molar-refractivity contribution in [3.8, 4) is 5.75 Å². The summed E-state index contributed by atoms with van der Waals surface area (Å²) < 4.78 is 33.4. The summed E-state index contributed by atoms with van der Waals surface area (Å²) in [7, 11) is -3.68. The molecule has 9 heteroatoms. The van der Waals surface area contributed by atoms with E-state index in [2.05, 4.69) is 10.6 Å². The Hall–Kier alpha value is -3.43. The topological polar surface area (TPSA) is 87.7 Å². The summed E-state index contributed by atoms with van der Waals surface area (Å²) in [6.45, 7) is 5.07. The highest BCUT2D eigenvalue weighted by Crippen LogP contribution is 2.32. The molecule has 7 nitrogen and oxygen atoms in total. The molecule has 1 aliphatic rings. The highest BCUT2D eigenvalue weighted by atomic mass is 32.2. The molecule has 2 N–H and O–H groups in total.